The maximum Gasteiger partial charge on any atom is 0.0935 e. The molecule has 0 aromatic rings. The minimum atomic E-state index is 0.636. The molecule has 0 fully saturated rings. The molecular formula is C20H40N2. The molecule has 130 valence electrons. The van der Waals surface area contributed by atoms with Gasteiger partial charge in [0.1, 0.15) is 0 Å². The molecule has 0 radical (unpaired) electrons. The maximum absolute atomic E-state index is 4.41. The number of aliphatic imine (C=N–C) groups is 1. The Hall–Kier alpha value is -0.530. The van der Waals surface area contributed by atoms with Crippen LogP contribution in [0.1, 0.15) is 110 Å². The standard InChI is InChI=1S/C20H40N2/c1-3-4-5-6-7-8-9-10-11-12-13-14-15-16-17-20-18-21-19(2)22-20/h20H,3-18H2,1-2H3,(H,21,22). The lowest BCUT2D eigenvalue weighted by atomic mass is 10.0. The highest BCUT2D eigenvalue weighted by Gasteiger charge is 2.12. The predicted molar refractivity (Wildman–Crippen MR) is 99.8 cm³/mol. The second kappa shape index (κ2) is 14.1. The van der Waals surface area contributed by atoms with Gasteiger partial charge in [-0.25, -0.2) is 0 Å². The van der Waals surface area contributed by atoms with Crippen molar-refractivity contribution >= 4 is 5.84 Å². The van der Waals surface area contributed by atoms with Gasteiger partial charge in [0.25, 0.3) is 0 Å². The first-order chi connectivity index (χ1) is 10.8. The SMILES string of the molecule is CCCCCCCCCCCCCCCCC1CN=C(C)N1. The Morgan fingerprint density at radius 1 is 0.773 bits per heavy atom. The second-order valence-electron chi connectivity index (χ2n) is 7.15. The molecule has 1 atom stereocenters. The van der Waals surface area contributed by atoms with E-state index in [1.54, 1.807) is 0 Å². The summed E-state index contributed by atoms with van der Waals surface area (Å²) in [5.41, 5.74) is 0. The summed E-state index contributed by atoms with van der Waals surface area (Å²) in [6, 6.07) is 0.636. The normalized spacial score (nSPS) is 17.5. The zero-order chi connectivity index (χ0) is 15.9. The molecule has 0 aromatic carbocycles. The van der Waals surface area contributed by atoms with Crippen molar-refractivity contribution < 1.29 is 0 Å². The van der Waals surface area contributed by atoms with E-state index in [0.29, 0.717) is 6.04 Å². The summed E-state index contributed by atoms with van der Waals surface area (Å²) in [5.74, 6) is 1.13. The smallest absolute Gasteiger partial charge is 0.0935 e. The van der Waals surface area contributed by atoms with E-state index in [2.05, 4.69) is 24.2 Å². The van der Waals surface area contributed by atoms with Crippen molar-refractivity contribution in [1.82, 2.24) is 5.32 Å². The maximum atomic E-state index is 4.41. The first-order valence-corrected chi connectivity index (χ1v) is 10.1. The predicted octanol–water partition coefficient (Wildman–Crippen LogP) is 6.25. The monoisotopic (exact) mass is 308 g/mol. The Balaban J connectivity index is 1.68. The molecule has 0 aliphatic carbocycles. The van der Waals surface area contributed by atoms with Gasteiger partial charge in [-0.1, -0.05) is 96.8 Å². The number of nitrogens with one attached hydrogen (secondary N) is 1. The third-order valence-electron chi connectivity index (χ3n) is 4.87. The average molecular weight is 309 g/mol. The van der Waals surface area contributed by atoms with Crippen LogP contribution in [-0.2, 0) is 0 Å². The van der Waals surface area contributed by atoms with Gasteiger partial charge in [-0.15, -0.1) is 0 Å². The number of hydrogen-bond acceptors (Lipinski definition) is 2. The first kappa shape index (κ1) is 19.5. The van der Waals surface area contributed by atoms with Crippen molar-refractivity contribution in [2.24, 2.45) is 4.99 Å². The van der Waals surface area contributed by atoms with Crippen molar-refractivity contribution in [3.63, 3.8) is 0 Å². The molecule has 0 bridgehead atoms. The zero-order valence-corrected chi connectivity index (χ0v) is 15.3. The minimum Gasteiger partial charge on any atom is -0.369 e. The highest BCUT2D eigenvalue weighted by Crippen LogP contribution is 2.14. The molecule has 1 aliphatic rings. The summed E-state index contributed by atoms with van der Waals surface area (Å²) in [4.78, 5) is 4.41. The molecule has 22 heavy (non-hydrogen) atoms. The van der Waals surface area contributed by atoms with E-state index in [9.17, 15) is 0 Å². The third kappa shape index (κ3) is 11.1. The van der Waals surface area contributed by atoms with E-state index in [1.165, 1.54) is 96.3 Å². The lowest BCUT2D eigenvalue weighted by molar-refractivity contribution is 0.512. The van der Waals surface area contributed by atoms with E-state index in [1.807, 2.05) is 0 Å². The van der Waals surface area contributed by atoms with Crippen LogP contribution >= 0.6 is 0 Å². The minimum absolute atomic E-state index is 0.636. The number of unbranched alkanes of at least 4 members (excludes halogenated alkanes) is 13. The highest BCUT2D eigenvalue weighted by atomic mass is 15.1. The van der Waals surface area contributed by atoms with Crippen LogP contribution in [0, 0.1) is 0 Å². The molecule has 1 heterocycles. The van der Waals surface area contributed by atoms with Crippen LogP contribution in [0.2, 0.25) is 0 Å². The van der Waals surface area contributed by atoms with Gasteiger partial charge in [0.05, 0.1) is 12.4 Å². The number of hydrogen-bond donors (Lipinski definition) is 1. The van der Waals surface area contributed by atoms with Gasteiger partial charge in [0.2, 0.25) is 0 Å². The Labute approximate surface area is 139 Å². The van der Waals surface area contributed by atoms with Gasteiger partial charge in [-0.05, 0) is 13.3 Å². The van der Waals surface area contributed by atoms with E-state index < -0.39 is 0 Å². The van der Waals surface area contributed by atoms with Crippen LogP contribution in [0.25, 0.3) is 0 Å². The largest absolute Gasteiger partial charge is 0.369 e. The molecule has 0 amide bonds. The van der Waals surface area contributed by atoms with Crippen LogP contribution in [-0.4, -0.2) is 18.4 Å². The summed E-state index contributed by atoms with van der Waals surface area (Å²) < 4.78 is 0. The Morgan fingerprint density at radius 3 is 1.64 bits per heavy atom. The topological polar surface area (TPSA) is 24.4 Å². The van der Waals surface area contributed by atoms with Gasteiger partial charge in [-0.3, -0.25) is 4.99 Å². The lowest BCUT2D eigenvalue weighted by Crippen LogP contribution is -2.28. The summed E-state index contributed by atoms with van der Waals surface area (Å²) in [5, 5.41) is 3.45. The van der Waals surface area contributed by atoms with Crippen molar-refractivity contribution in [3.8, 4) is 0 Å². The summed E-state index contributed by atoms with van der Waals surface area (Å²) in [7, 11) is 0. The van der Waals surface area contributed by atoms with Crippen molar-refractivity contribution in [3.05, 3.63) is 0 Å². The molecule has 0 saturated carbocycles. The Kier molecular flexibility index (Phi) is 12.5. The Bertz CT molecular complexity index is 273. The van der Waals surface area contributed by atoms with Crippen molar-refractivity contribution in [2.75, 3.05) is 6.54 Å². The van der Waals surface area contributed by atoms with Crippen LogP contribution in [0.5, 0.6) is 0 Å². The lowest BCUT2D eigenvalue weighted by Gasteiger charge is -2.10. The van der Waals surface area contributed by atoms with Gasteiger partial charge >= 0.3 is 0 Å². The fourth-order valence-corrected chi connectivity index (χ4v) is 3.38. The fraction of sp³-hybridized carbons (Fsp3) is 0.950. The van der Waals surface area contributed by atoms with E-state index in [-0.39, 0.29) is 0 Å². The molecule has 0 aromatic heterocycles. The van der Waals surface area contributed by atoms with E-state index >= 15 is 0 Å². The Morgan fingerprint density at radius 2 is 1.23 bits per heavy atom. The average Bonchev–Trinajstić information content (AvgIpc) is 2.93. The molecular weight excluding hydrogens is 268 g/mol. The van der Waals surface area contributed by atoms with Crippen LogP contribution in [0.15, 0.2) is 4.99 Å². The fourth-order valence-electron chi connectivity index (χ4n) is 3.38. The zero-order valence-electron chi connectivity index (χ0n) is 15.3. The molecule has 0 saturated heterocycles. The molecule has 1 N–H and O–H groups in total. The molecule has 1 rings (SSSR count). The summed E-state index contributed by atoms with van der Waals surface area (Å²) in [6.45, 7) is 5.37. The molecule has 2 heteroatoms. The van der Waals surface area contributed by atoms with Gasteiger partial charge in [-0.2, -0.15) is 0 Å². The molecule has 2 nitrogen and oxygen atoms in total. The molecule has 0 spiro atoms. The second-order valence-corrected chi connectivity index (χ2v) is 7.15. The van der Waals surface area contributed by atoms with Crippen LogP contribution < -0.4 is 5.32 Å². The molecule has 1 aliphatic heterocycles. The number of rotatable bonds is 15. The molecule has 1 unspecified atom stereocenters. The summed E-state index contributed by atoms with van der Waals surface area (Å²) in [6.07, 6.45) is 21.5. The quantitative estimate of drug-likeness (QED) is 0.355. The van der Waals surface area contributed by atoms with Gasteiger partial charge in [0.15, 0.2) is 0 Å². The highest BCUT2D eigenvalue weighted by molar-refractivity contribution is 5.81. The third-order valence-corrected chi connectivity index (χ3v) is 4.87. The van der Waals surface area contributed by atoms with E-state index in [4.69, 9.17) is 0 Å². The van der Waals surface area contributed by atoms with Crippen LogP contribution in [0.4, 0.5) is 0 Å². The van der Waals surface area contributed by atoms with Crippen molar-refractivity contribution in [1.29, 1.82) is 0 Å². The number of nitrogens with zero attached hydrogens (tertiary/aromatic N) is 1. The van der Waals surface area contributed by atoms with Gasteiger partial charge in [0, 0.05) is 6.04 Å². The summed E-state index contributed by atoms with van der Waals surface area (Å²) >= 11 is 0. The van der Waals surface area contributed by atoms with Crippen LogP contribution in [0.3, 0.4) is 0 Å². The van der Waals surface area contributed by atoms with Gasteiger partial charge < -0.3 is 5.32 Å². The van der Waals surface area contributed by atoms with E-state index in [0.717, 1.165) is 12.4 Å². The van der Waals surface area contributed by atoms with Crippen molar-refractivity contribution in [2.45, 2.75) is 116 Å². The number of amidine groups is 1. The first-order valence-electron chi connectivity index (χ1n) is 10.1.